The van der Waals surface area contributed by atoms with Crippen LogP contribution in [-0.4, -0.2) is 48.0 Å². The maximum absolute atomic E-state index is 13.6. The second kappa shape index (κ2) is 10.5. The molecule has 0 aromatic heterocycles. The van der Waals surface area contributed by atoms with E-state index in [1.807, 2.05) is 6.07 Å². The van der Waals surface area contributed by atoms with Crippen LogP contribution in [0.4, 0.5) is 11.4 Å². The number of non-ortho nitro benzene ring substituents is 1. The summed E-state index contributed by atoms with van der Waals surface area (Å²) in [6, 6.07) is 13.2. The van der Waals surface area contributed by atoms with Crippen LogP contribution in [0.15, 0.2) is 54.6 Å². The Bertz CT molecular complexity index is 1360. The molecule has 37 heavy (non-hydrogen) atoms. The number of ether oxygens (including phenoxy) is 3. The molecule has 1 amide bonds. The van der Waals surface area contributed by atoms with Crippen molar-refractivity contribution in [3.8, 4) is 17.2 Å². The standard InChI is InChI=1S/C26H25N3O8/c1-16-4-5-18(12-22(16)29(33)34)26(30)27-11-10-17-13-24(35-2)25(36-3)14-21(17)23(27)15-37-20-8-6-19(7-9-20)28(31)32/h4-9,12-14,23H,10-11,15H2,1-3H3. The molecule has 3 aromatic carbocycles. The highest BCUT2D eigenvalue weighted by molar-refractivity contribution is 5.95. The van der Waals surface area contributed by atoms with Gasteiger partial charge in [0.1, 0.15) is 12.4 Å². The van der Waals surface area contributed by atoms with Crippen LogP contribution in [0.5, 0.6) is 17.2 Å². The summed E-state index contributed by atoms with van der Waals surface area (Å²) in [6.45, 7) is 2.00. The van der Waals surface area contributed by atoms with Crippen LogP contribution >= 0.6 is 0 Å². The minimum Gasteiger partial charge on any atom is -0.493 e. The number of rotatable bonds is 8. The van der Waals surface area contributed by atoms with Crippen molar-refractivity contribution in [2.24, 2.45) is 0 Å². The highest BCUT2D eigenvalue weighted by Gasteiger charge is 2.34. The predicted octanol–water partition coefficient (Wildman–Crippen LogP) is 4.65. The first-order valence-corrected chi connectivity index (χ1v) is 11.4. The van der Waals surface area contributed by atoms with Gasteiger partial charge in [-0.3, -0.25) is 25.0 Å². The number of hydrogen-bond donors (Lipinski definition) is 0. The second-order valence-electron chi connectivity index (χ2n) is 8.49. The van der Waals surface area contributed by atoms with Crippen LogP contribution in [-0.2, 0) is 6.42 Å². The molecule has 0 saturated carbocycles. The Hall–Kier alpha value is -4.67. The number of aryl methyl sites for hydroxylation is 1. The third-order valence-corrected chi connectivity index (χ3v) is 6.37. The number of carbonyl (C=O) groups is 1. The monoisotopic (exact) mass is 507 g/mol. The van der Waals surface area contributed by atoms with Crippen molar-refractivity contribution in [1.29, 1.82) is 0 Å². The first-order chi connectivity index (χ1) is 17.7. The van der Waals surface area contributed by atoms with E-state index in [1.165, 1.54) is 37.4 Å². The summed E-state index contributed by atoms with van der Waals surface area (Å²) in [5.41, 5.74) is 2.20. The number of amides is 1. The van der Waals surface area contributed by atoms with E-state index < -0.39 is 15.9 Å². The summed E-state index contributed by atoms with van der Waals surface area (Å²) in [7, 11) is 3.06. The van der Waals surface area contributed by atoms with Crippen molar-refractivity contribution in [2.45, 2.75) is 19.4 Å². The zero-order valence-corrected chi connectivity index (χ0v) is 20.5. The number of nitro groups is 2. The van der Waals surface area contributed by atoms with Crippen LogP contribution in [0.1, 0.15) is 33.1 Å². The lowest BCUT2D eigenvalue weighted by atomic mass is 9.91. The van der Waals surface area contributed by atoms with E-state index in [2.05, 4.69) is 0 Å². The van der Waals surface area contributed by atoms with Crippen molar-refractivity contribution < 1.29 is 28.9 Å². The molecule has 1 heterocycles. The zero-order valence-electron chi connectivity index (χ0n) is 20.5. The smallest absolute Gasteiger partial charge is 0.273 e. The summed E-state index contributed by atoms with van der Waals surface area (Å²) in [4.78, 5) is 36.7. The Kier molecular flexibility index (Phi) is 7.23. The highest BCUT2D eigenvalue weighted by Crippen LogP contribution is 2.39. The minimum absolute atomic E-state index is 0.0417. The Morgan fingerprint density at radius 3 is 2.27 bits per heavy atom. The molecule has 11 nitrogen and oxygen atoms in total. The van der Waals surface area contributed by atoms with E-state index >= 15 is 0 Å². The first kappa shape index (κ1) is 25.4. The third kappa shape index (κ3) is 5.15. The van der Waals surface area contributed by atoms with Crippen molar-refractivity contribution >= 4 is 17.3 Å². The van der Waals surface area contributed by atoms with Crippen molar-refractivity contribution in [3.63, 3.8) is 0 Å². The Morgan fingerprint density at radius 1 is 0.973 bits per heavy atom. The largest absolute Gasteiger partial charge is 0.493 e. The number of hydrogen-bond acceptors (Lipinski definition) is 8. The van der Waals surface area contributed by atoms with Gasteiger partial charge in [-0.15, -0.1) is 0 Å². The van der Waals surface area contributed by atoms with Gasteiger partial charge < -0.3 is 19.1 Å². The van der Waals surface area contributed by atoms with Gasteiger partial charge in [0.05, 0.1) is 30.1 Å². The van der Waals surface area contributed by atoms with Gasteiger partial charge in [-0.1, -0.05) is 6.07 Å². The van der Waals surface area contributed by atoms with Crippen LogP contribution < -0.4 is 14.2 Å². The number of nitro benzene ring substituents is 2. The number of benzene rings is 3. The fourth-order valence-electron chi connectivity index (χ4n) is 4.40. The molecule has 4 rings (SSSR count). The number of carbonyl (C=O) groups excluding carboxylic acids is 1. The van der Waals surface area contributed by atoms with E-state index in [0.717, 1.165) is 11.1 Å². The average Bonchev–Trinajstić information content (AvgIpc) is 2.90. The van der Waals surface area contributed by atoms with Gasteiger partial charge in [0.2, 0.25) is 0 Å². The molecule has 1 aliphatic rings. The molecule has 0 N–H and O–H groups in total. The SMILES string of the molecule is COc1cc2c(cc1OC)C(COc1ccc([N+](=O)[O-])cc1)N(C(=O)c1ccc(C)c([N+](=O)[O-])c1)CC2. The number of methoxy groups -OCH3 is 2. The van der Waals surface area contributed by atoms with Gasteiger partial charge in [0.25, 0.3) is 17.3 Å². The maximum Gasteiger partial charge on any atom is 0.273 e. The Labute approximate surface area is 212 Å². The summed E-state index contributed by atoms with van der Waals surface area (Å²) < 4.78 is 16.9. The molecule has 0 saturated heterocycles. The van der Waals surface area contributed by atoms with Crippen LogP contribution in [0.2, 0.25) is 0 Å². The lowest BCUT2D eigenvalue weighted by Crippen LogP contribution is -2.42. The molecule has 0 bridgehead atoms. The second-order valence-corrected chi connectivity index (χ2v) is 8.49. The first-order valence-electron chi connectivity index (χ1n) is 11.4. The molecule has 0 aliphatic carbocycles. The van der Waals surface area contributed by atoms with Gasteiger partial charge in [0.15, 0.2) is 11.5 Å². The Balaban J connectivity index is 1.71. The molecule has 0 fully saturated rings. The van der Waals surface area contributed by atoms with E-state index in [9.17, 15) is 25.0 Å². The fraction of sp³-hybridized carbons (Fsp3) is 0.269. The van der Waals surface area contributed by atoms with Gasteiger partial charge in [-0.2, -0.15) is 0 Å². The molecular formula is C26H25N3O8. The summed E-state index contributed by atoms with van der Waals surface area (Å²) >= 11 is 0. The lowest BCUT2D eigenvalue weighted by Gasteiger charge is -2.37. The normalized spacial score (nSPS) is 14.5. The number of nitrogens with zero attached hydrogens (tertiary/aromatic N) is 3. The topological polar surface area (TPSA) is 134 Å². The maximum atomic E-state index is 13.6. The highest BCUT2D eigenvalue weighted by atomic mass is 16.6. The van der Waals surface area contributed by atoms with Crippen molar-refractivity contribution in [1.82, 2.24) is 4.90 Å². The Morgan fingerprint density at radius 2 is 1.65 bits per heavy atom. The minimum atomic E-state index is -0.563. The van der Waals surface area contributed by atoms with E-state index in [-0.39, 0.29) is 29.5 Å². The lowest BCUT2D eigenvalue weighted by molar-refractivity contribution is -0.385. The molecule has 1 aliphatic heterocycles. The third-order valence-electron chi connectivity index (χ3n) is 6.37. The van der Waals surface area contributed by atoms with Crippen molar-refractivity contribution in [2.75, 3.05) is 27.4 Å². The molecule has 3 aromatic rings. The summed E-state index contributed by atoms with van der Waals surface area (Å²) in [6.07, 6.45) is 0.531. The predicted molar refractivity (Wildman–Crippen MR) is 133 cm³/mol. The fourth-order valence-corrected chi connectivity index (χ4v) is 4.40. The van der Waals surface area contributed by atoms with Gasteiger partial charge >= 0.3 is 0 Å². The summed E-state index contributed by atoms with van der Waals surface area (Å²) in [5.74, 6) is 1.07. The van der Waals surface area contributed by atoms with Gasteiger partial charge in [0, 0.05) is 35.9 Å². The molecular weight excluding hydrogens is 482 g/mol. The van der Waals surface area contributed by atoms with Crippen LogP contribution in [0.25, 0.3) is 0 Å². The van der Waals surface area contributed by atoms with E-state index in [4.69, 9.17) is 14.2 Å². The molecule has 0 radical (unpaired) electrons. The molecule has 1 unspecified atom stereocenters. The molecule has 11 heteroatoms. The quantitative estimate of drug-likeness (QED) is 0.318. The zero-order chi connectivity index (χ0) is 26.7. The molecule has 1 atom stereocenters. The van der Waals surface area contributed by atoms with Crippen LogP contribution in [0.3, 0.4) is 0 Å². The van der Waals surface area contributed by atoms with Crippen LogP contribution in [0, 0.1) is 27.2 Å². The molecule has 0 spiro atoms. The van der Waals surface area contributed by atoms with Crippen molar-refractivity contribution in [3.05, 3.63) is 97.1 Å². The van der Waals surface area contributed by atoms with Gasteiger partial charge in [-0.05, 0) is 54.8 Å². The average molecular weight is 507 g/mol. The van der Waals surface area contributed by atoms with Gasteiger partial charge in [-0.25, -0.2) is 0 Å². The number of fused-ring (bicyclic) bond motifs is 1. The summed E-state index contributed by atoms with van der Waals surface area (Å²) in [5, 5.41) is 22.4. The van der Waals surface area contributed by atoms with E-state index in [0.29, 0.717) is 35.8 Å². The molecule has 192 valence electrons. The van der Waals surface area contributed by atoms with E-state index in [1.54, 1.807) is 37.1 Å².